The highest BCUT2D eigenvalue weighted by molar-refractivity contribution is 5.93. The number of hydrogen-bond donors (Lipinski definition) is 1. The van der Waals surface area contributed by atoms with Gasteiger partial charge in [0.2, 0.25) is 11.7 Å². The van der Waals surface area contributed by atoms with Crippen molar-refractivity contribution in [3.8, 4) is 11.3 Å². The fourth-order valence-corrected chi connectivity index (χ4v) is 3.23. The molecule has 0 unspecified atom stereocenters. The number of amides is 1. The normalized spacial score (nSPS) is 10.9. The van der Waals surface area contributed by atoms with Crippen LogP contribution in [0, 0.1) is 13.8 Å². The monoisotopic (exact) mass is 356 g/mol. The van der Waals surface area contributed by atoms with Gasteiger partial charge in [0.05, 0.1) is 12.1 Å². The maximum absolute atomic E-state index is 12.4. The van der Waals surface area contributed by atoms with Crippen molar-refractivity contribution < 1.29 is 4.79 Å². The topological polar surface area (TPSA) is 59.3 Å². The summed E-state index contributed by atoms with van der Waals surface area (Å²) in [6.07, 6.45) is 4.03. The summed E-state index contributed by atoms with van der Waals surface area (Å²) in [5, 5.41) is 2.98. The molecule has 0 aliphatic heterocycles. The number of fused-ring (bicyclic) bond motifs is 1. The van der Waals surface area contributed by atoms with Crippen LogP contribution in [0.1, 0.15) is 16.8 Å². The largest absolute Gasteiger partial charge is 0.326 e. The van der Waals surface area contributed by atoms with Crippen molar-refractivity contribution in [3.63, 3.8) is 0 Å². The number of hydrogen-bond acceptors (Lipinski definition) is 3. The van der Waals surface area contributed by atoms with Gasteiger partial charge in [0.1, 0.15) is 0 Å². The molecule has 0 bridgehead atoms. The molecule has 1 amide bonds. The molecule has 0 radical (unpaired) electrons. The summed E-state index contributed by atoms with van der Waals surface area (Å²) in [5.41, 5.74) is 5.75. The van der Waals surface area contributed by atoms with Crippen LogP contribution < -0.4 is 5.32 Å². The molecule has 0 atom stereocenters. The average Bonchev–Trinajstić information content (AvgIpc) is 2.99. The Morgan fingerprint density at radius 3 is 2.74 bits per heavy atom. The van der Waals surface area contributed by atoms with Crippen molar-refractivity contribution in [1.29, 1.82) is 0 Å². The third kappa shape index (κ3) is 3.58. The Kier molecular flexibility index (Phi) is 4.42. The predicted octanol–water partition coefficient (Wildman–Crippen LogP) is 4.19. The van der Waals surface area contributed by atoms with Crippen LogP contribution in [0.5, 0.6) is 0 Å². The number of carbonyl (C=O) groups excluding carboxylic acids is 1. The van der Waals surface area contributed by atoms with E-state index in [0.29, 0.717) is 12.2 Å². The highest BCUT2D eigenvalue weighted by atomic mass is 16.1. The number of imidazole rings is 1. The van der Waals surface area contributed by atoms with Gasteiger partial charge in [-0.2, -0.15) is 0 Å². The standard InChI is InChI=1S/C22H20N4O/c1-15-6-3-7-17(12-15)13-20(27)24-19-9-4-8-18(14-19)21-16(2)26-11-5-10-23-22(26)25-21/h3-12,14H,13H2,1-2H3,(H,24,27). The first-order valence-corrected chi connectivity index (χ1v) is 8.86. The Morgan fingerprint density at radius 1 is 1.07 bits per heavy atom. The van der Waals surface area contributed by atoms with Crippen LogP contribution in [0.4, 0.5) is 5.69 Å². The zero-order chi connectivity index (χ0) is 18.8. The highest BCUT2D eigenvalue weighted by Gasteiger charge is 2.12. The second kappa shape index (κ2) is 7.03. The lowest BCUT2D eigenvalue weighted by Crippen LogP contribution is -2.14. The fraction of sp³-hybridized carbons (Fsp3) is 0.136. The number of carbonyl (C=O) groups is 1. The number of anilines is 1. The lowest BCUT2D eigenvalue weighted by atomic mass is 10.1. The van der Waals surface area contributed by atoms with Gasteiger partial charge in [-0.25, -0.2) is 9.97 Å². The Labute approximate surface area is 157 Å². The SMILES string of the molecule is Cc1cccc(CC(=O)Nc2cccc(-c3nc4ncccn4c3C)c2)c1. The molecule has 0 aliphatic rings. The quantitative estimate of drug-likeness (QED) is 0.596. The van der Waals surface area contributed by atoms with Gasteiger partial charge in [-0.05, 0) is 37.6 Å². The summed E-state index contributed by atoms with van der Waals surface area (Å²) in [6.45, 7) is 4.04. The van der Waals surface area contributed by atoms with Crippen LogP contribution in [-0.2, 0) is 11.2 Å². The molecule has 134 valence electrons. The molecular weight excluding hydrogens is 336 g/mol. The first-order valence-electron chi connectivity index (χ1n) is 8.86. The zero-order valence-corrected chi connectivity index (χ0v) is 15.3. The molecule has 1 N–H and O–H groups in total. The zero-order valence-electron chi connectivity index (χ0n) is 15.3. The summed E-state index contributed by atoms with van der Waals surface area (Å²) in [7, 11) is 0. The minimum absolute atomic E-state index is 0.0360. The molecule has 27 heavy (non-hydrogen) atoms. The molecule has 4 rings (SSSR count). The van der Waals surface area contributed by atoms with Gasteiger partial charge in [0.15, 0.2) is 0 Å². The summed E-state index contributed by atoms with van der Waals surface area (Å²) in [5.74, 6) is 0.630. The third-order valence-corrected chi connectivity index (χ3v) is 4.51. The smallest absolute Gasteiger partial charge is 0.234 e. The third-order valence-electron chi connectivity index (χ3n) is 4.51. The van der Waals surface area contributed by atoms with Crippen LogP contribution in [-0.4, -0.2) is 20.3 Å². The predicted molar refractivity (Wildman–Crippen MR) is 107 cm³/mol. The molecular formula is C22H20N4O. The van der Waals surface area contributed by atoms with E-state index >= 15 is 0 Å². The van der Waals surface area contributed by atoms with Crippen LogP contribution in [0.25, 0.3) is 17.0 Å². The van der Waals surface area contributed by atoms with E-state index in [-0.39, 0.29) is 5.91 Å². The summed E-state index contributed by atoms with van der Waals surface area (Å²) in [6, 6.07) is 17.6. The van der Waals surface area contributed by atoms with Crippen molar-refractivity contribution in [2.75, 3.05) is 5.32 Å². The van der Waals surface area contributed by atoms with E-state index in [1.807, 2.05) is 79.0 Å². The Bertz CT molecular complexity index is 1130. The average molecular weight is 356 g/mol. The van der Waals surface area contributed by atoms with Gasteiger partial charge in [-0.15, -0.1) is 0 Å². The molecule has 0 saturated carbocycles. The van der Waals surface area contributed by atoms with E-state index < -0.39 is 0 Å². The molecule has 0 spiro atoms. The van der Waals surface area contributed by atoms with Gasteiger partial charge >= 0.3 is 0 Å². The maximum Gasteiger partial charge on any atom is 0.234 e. The van der Waals surface area contributed by atoms with E-state index in [2.05, 4.69) is 15.3 Å². The number of nitrogens with one attached hydrogen (secondary N) is 1. The van der Waals surface area contributed by atoms with Gasteiger partial charge in [-0.3, -0.25) is 9.20 Å². The molecule has 5 nitrogen and oxygen atoms in total. The van der Waals surface area contributed by atoms with Crippen molar-refractivity contribution in [2.45, 2.75) is 20.3 Å². The molecule has 2 aromatic heterocycles. The fourth-order valence-electron chi connectivity index (χ4n) is 3.23. The van der Waals surface area contributed by atoms with Crippen LogP contribution in [0.2, 0.25) is 0 Å². The lowest BCUT2D eigenvalue weighted by Gasteiger charge is -2.08. The lowest BCUT2D eigenvalue weighted by molar-refractivity contribution is -0.115. The van der Waals surface area contributed by atoms with E-state index in [4.69, 9.17) is 0 Å². The molecule has 2 aromatic carbocycles. The molecule has 0 saturated heterocycles. The minimum Gasteiger partial charge on any atom is -0.326 e. The van der Waals surface area contributed by atoms with E-state index in [1.54, 1.807) is 6.20 Å². The molecule has 5 heteroatoms. The number of benzene rings is 2. The van der Waals surface area contributed by atoms with Gasteiger partial charge in [-0.1, -0.05) is 42.0 Å². The molecule has 0 aliphatic carbocycles. The molecule has 4 aromatic rings. The van der Waals surface area contributed by atoms with E-state index in [0.717, 1.165) is 33.8 Å². The number of aryl methyl sites for hydroxylation is 2. The van der Waals surface area contributed by atoms with Crippen LogP contribution in [0.3, 0.4) is 0 Å². The van der Waals surface area contributed by atoms with Gasteiger partial charge in [0, 0.05) is 29.3 Å². The first kappa shape index (κ1) is 17.0. The van der Waals surface area contributed by atoms with Crippen LogP contribution in [0.15, 0.2) is 67.0 Å². The second-order valence-corrected chi connectivity index (χ2v) is 6.63. The molecule has 2 heterocycles. The Hall–Kier alpha value is -3.47. The Balaban J connectivity index is 1.57. The summed E-state index contributed by atoms with van der Waals surface area (Å²) >= 11 is 0. The second-order valence-electron chi connectivity index (χ2n) is 6.63. The van der Waals surface area contributed by atoms with Crippen molar-refractivity contribution in [3.05, 3.63) is 83.8 Å². The van der Waals surface area contributed by atoms with Gasteiger partial charge < -0.3 is 5.32 Å². The summed E-state index contributed by atoms with van der Waals surface area (Å²) < 4.78 is 1.96. The van der Waals surface area contributed by atoms with Crippen molar-refractivity contribution in [1.82, 2.24) is 14.4 Å². The minimum atomic E-state index is -0.0360. The highest BCUT2D eigenvalue weighted by Crippen LogP contribution is 2.25. The molecule has 0 fully saturated rings. The van der Waals surface area contributed by atoms with Crippen LogP contribution >= 0.6 is 0 Å². The number of nitrogens with zero attached hydrogens (tertiary/aromatic N) is 3. The first-order chi connectivity index (χ1) is 13.1. The van der Waals surface area contributed by atoms with E-state index in [9.17, 15) is 4.79 Å². The number of aromatic nitrogens is 3. The number of rotatable bonds is 4. The van der Waals surface area contributed by atoms with Gasteiger partial charge in [0.25, 0.3) is 0 Å². The van der Waals surface area contributed by atoms with Crippen molar-refractivity contribution >= 4 is 17.4 Å². The van der Waals surface area contributed by atoms with Crippen molar-refractivity contribution in [2.24, 2.45) is 0 Å². The van der Waals surface area contributed by atoms with E-state index in [1.165, 1.54) is 0 Å². The Morgan fingerprint density at radius 2 is 1.93 bits per heavy atom. The maximum atomic E-state index is 12.4. The summed E-state index contributed by atoms with van der Waals surface area (Å²) in [4.78, 5) is 21.3.